The van der Waals surface area contributed by atoms with E-state index in [0.29, 0.717) is 18.8 Å². The van der Waals surface area contributed by atoms with Crippen molar-refractivity contribution in [2.45, 2.75) is 39.3 Å². The fourth-order valence-electron chi connectivity index (χ4n) is 3.14. The number of ether oxygens (including phenoxy) is 2. The number of nitrogens with one attached hydrogen (secondary N) is 1. The Balaban J connectivity index is 1.64. The van der Waals surface area contributed by atoms with Crippen LogP contribution in [-0.4, -0.2) is 18.6 Å². The molecule has 3 rings (SSSR count). The third-order valence-corrected chi connectivity index (χ3v) is 4.71. The second-order valence-corrected chi connectivity index (χ2v) is 6.76. The molecule has 0 unspecified atom stereocenters. The van der Waals surface area contributed by atoms with E-state index in [2.05, 4.69) is 11.4 Å². The van der Waals surface area contributed by atoms with Crippen LogP contribution in [0.5, 0.6) is 11.5 Å². The molecule has 0 bridgehead atoms. The van der Waals surface area contributed by atoms with E-state index >= 15 is 0 Å². The fourth-order valence-corrected chi connectivity index (χ4v) is 3.14. The molecule has 0 heterocycles. The zero-order chi connectivity index (χ0) is 19.9. The van der Waals surface area contributed by atoms with Crippen LogP contribution in [0.15, 0.2) is 66.7 Å². The van der Waals surface area contributed by atoms with Gasteiger partial charge in [-0.15, -0.1) is 0 Å². The van der Waals surface area contributed by atoms with Gasteiger partial charge >= 0.3 is 0 Å². The van der Waals surface area contributed by atoms with Crippen LogP contribution in [-0.2, 0) is 4.79 Å². The number of rotatable bonds is 8. The number of benzene rings is 3. The molecule has 0 radical (unpaired) electrons. The highest BCUT2D eigenvalue weighted by Crippen LogP contribution is 2.23. The van der Waals surface area contributed by atoms with Crippen molar-refractivity contribution >= 4 is 16.7 Å². The highest BCUT2D eigenvalue weighted by molar-refractivity contribution is 5.84. The molecule has 0 aliphatic heterocycles. The lowest BCUT2D eigenvalue weighted by Crippen LogP contribution is -2.39. The van der Waals surface area contributed by atoms with E-state index in [-0.39, 0.29) is 11.9 Å². The van der Waals surface area contributed by atoms with Gasteiger partial charge in [0.05, 0.1) is 12.6 Å². The molecular weight excluding hydrogens is 350 g/mol. The van der Waals surface area contributed by atoms with E-state index in [4.69, 9.17) is 9.47 Å². The van der Waals surface area contributed by atoms with Crippen molar-refractivity contribution in [2.24, 2.45) is 0 Å². The Hall–Kier alpha value is -3.01. The predicted octanol–water partition coefficient (Wildman–Crippen LogP) is 5.27. The third-order valence-electron chi connectivity index (χ3n) is 4.71. The van der Waals surface area contributed by atoms with Gasteiger partial charge in [0, 0.05) is 0 Å². The van der Waals surface area contributed by atoms with Crippen molar-refractivity contribution in [3.05, 3.63) is 72.3 Å². The molecule has 4 nitrogen and oxygen atoms in total. The summed E-state index contributed by atoms with van der Waals surface area (Å²) in [6.07, 6.45) is 0.0561. The summed E-state index contributed by atoms with van der Waals surface area (Å²) in [6.45, 7) is 6.51. The van der Waals surface area contributed by atoms with Crippen molar-refractivity contribution < 1.29 is 14.3 Å². The molecule has 28 heavy (non-hydrogen) atoms. The van der Waals surface area contributed by atoms with Gasteiger partial charge in [0.15, 0.2) is 6.10 Å². The lowest BCUT2D eigenvalue weighted by atomic mass is 10.1. The SMILES string of the molecule is CCOc1ccc([C@@H](C)NC(=O)[C@H](CC)Oc2ccc3ccccc3c2)cc1. The summed E-state index contributed by atoms with van der Waals surface area (Å²) in [7, 11) is 0. The molecule has 1 amide bonds. The second-order valence-electron chi connectivity index (χ2n) is 6.76. The first-order valence-electron chi connectivity index (χ1n) is 9.79. The molecule has 4 heteroatoms. The molecule has 2 atom stereocenters. The minimum absolute atomic E-state index is 0.113. The van der Waals surface area contributed by atoms with Crippen LogP contribution in [0.4, 0.5) is 0 Å². The Bertz CT molecular complexity index is 921. The molecule has 3 aromatic rings. The molecule has 3 aromatic carbocycles. The number of carbonyl (C=O) groups excluding carboxylic acids is 1. The Labute approximate surface area is 166 Å². The zero-order valence-corrected chi connectivity index (χ0v) is 16.6. The van der Waals surface area contributed by atoms with Gasteiger partial charge in [-0.05, 0) is 60.9 Å². The van der Waals surface area contributed by atoms with Gasteiger partial charge in [0.25, 0.3) is 5.91 Å². The van der Waals surface area contributed by atoms with Crippen LogP contribution >= 0.6 is 0 Å². The summed E-state index contributed by atoms with van der Waals surface area (Å²) in [5.41, 5.74) is 1.03. The van der Waals surface area contributed by atoms with E-state index < -0.39 is 6.10 Å². The summed E-state index contributed by atoms with van der Waals surface area (Å²) in [5, 5.41) is 5.30. The molecule has 0 saturated carbocycles. The summed E-state index contributed by atoms with van der Waals surface area (Å²) in [4.78, 5) is 12.7. The van der Waals surface area contributed by atoms with Gasteiger partial charge in [0.1, 0.15) is 11.5 Å². The summed E-state index contributed by atoms with van der Waals surface area (Å²) < 4.78 is 11.5. The van der Waals surface area contributed by atoms with Crippen molar-refractivity contribution in [1.82, 2.24) is 5.32 Å². The monoisotopic (exact) mass is 377 g/mol. The second kappa shape index (κ2) is 9.27. The average Bonchev–Trinajstić information content (AvgIpc) is 2.72. The Kier molecular flexibility index (Phi) is 6.53. The highest BCUT2D eigenvalue weighted by atomic mass is 16.5. The van der Waals surface area contributed by atoms with E-state index in [1.54, 1.807) is 0 Å². The predicted molar refractivity (Wildman–Crippen MR) is 113 cm³/mol. The Morgan fingerprint density at radius 2 is 1.61 bits per heavy atom. The van der Waals surface area contributed by atoms with Gasteiger partial charge in [-0.3, -0.25) is 4.79 Å². The molecule has 0 aliphatic rings. The fraction of sp³-hybridized carbons (Fsp3) is 0.292. The van der Waals surface area contributed by atoms with Crippen LogP contribution in [0, 0.1) is 0 Å². The molecule has 0 aliphatic carbocycles. The average molecular weight is 377 g/mol. The molecule has 146 valence electrons. The number of carbonyl (C=O) groups is 1. The first-order chi connectivity index (χ1) is 13.6. The standard InChI is InChI=1S/C24H27NO3/c1-4-23(28-22-15-12-19-8-6-7-9-20(19)16-22)24(26)25-17(3)18-10-13-21(14-11-18)27-5-2/h6-17,23H,4-5H2,1-3H3,(H,25,26)/t17-,23+/m1/s1. The zero-order valence-electron chi connectivity index (χ0n) is 16.6. The molecule has 0 spiro atoms. The third kappa shape index (κ3) is 4.83. The Morgan fingerprint density at radius 1 is 0.929 bits per heavy atom. The number of fused-ring (bicyclic) bond motifs is 1. The van der Waals surface area contributed by atoms with Crippen LogP contribution in [0.1, 0.15) is 38.8 Å². The summed E-state index contributed by atoms with van der Waals surface area (Å²) in [5.74, 6) is 1.42. The van der Waals surface area contributed by atoms with Crippen LogP contribution in [0.25, 0.3) is 10.8 Å². The van der Waals surface area contributed by atoms with E-state index in [1.165, 1.54) is 0 Å². The van der Waals surface area contributed by atoms with Crippen LogP contribution in [0.2, 0.25) is 0 Å². The van der Waals surface area contributed by atoms with Gasteiger partial charge in [-0.25, -0.2) is 0 Å². The maximum Gasteiger partial charge on any atom is 0.261 e. The van der Waals surface area contributed by atoms with Crippen molar-refractivity contribution in [1.29, 1.82) is 0 Å². The van der Waals surface area contributed by atoms with Gasteiger partial charge in [0.2, 0.25) is 0 Å². The summed E-state index contributed by atoms with van der Waals surface area (Å²) >= 11 is 0. The van der Waals surface area contributed by atoms with E-state index in [1.807, 2.05) is 81.4 Å². The highest BCUT2D eigenvalue weighted by Gasteiger charge is 2.21. The summed E-state index contributed by atoms with van der Waals surface area (Å²) in [6, 6.07) is 21.7. The lowest BCUT2D eigenvalue weighted by Gasteiger charge is -2.21. The van der Waals surface area contributed by atoms with Gasteiger partial charge < -0.3 is 14.8 Å². The van der Waals surface area contributed by atoms with E-state index in [9.17, 15) is 4.79 Å². The number of hydrogen-bond acceptors (Lipinski definition) is 3. The number of hydrogen-bond donors (Lipinski definition) is 1. The minimum atomic E-state index is -0.536. The molecule has 0 saturated heterocycles. The molecule has 1 N–H and O–H groups in total. The first-order valence-corrected chi connectivity index (χ1v) is 9.79. The van der Waals surface area contributed by atoms with Crippen molar-refractivity contribution in [2.75, 3.05) is 6.61 Å². The largest absolute Gasteiger partial charge is 0.494 e. The molecular formula is C24H27NO3. The van der Waals surface area contributed by atoms with Crippen LogP contribution in [0.3, 0.4) is 0 Å². The van der Waals surface area contributed by atoms with Crippen molar-refractivity contribution in [3.8, 4) is 11.5 Å². The van der Waals surface area contributed by atoms with Crippen LogP contribution < -0.4 is 14.8 Å². The van der Waals surface area contributed by atoms with Gasteiger partial charge in [-0.2, -0.15) is 0 Å². The maximum absolute atomic E-state index is 12.7. The normalized spacial score (nSPS) is 13.0. The lowest BCUT2D eigenvalue weighted by molar-refractivity contribution is -0.128. The van der Waals surface area contributed by atoms with Gasteiger partial charge in [-0.1, -0.05) is 49.4 Å². The van der Waals surface area contributed by atoms with Crippen molar-refractivity contribution in [3.63, 3.8) is 0 Å². The minimum Gasteiger partial charge on any atom is -0.494 e. The smallest absolute Gasteiger partial charge is 0.261 e. The molecule has 0 fully saturated rings. The van der Waals surface area contributed by atoms with E-state index in [0.717, 1.165) is 22.1 Å². The Morgan fingerprint density at radius 3 is 2.29 bits per heavy atom. The maximum atomic E-state index is 12.7. The number of amides is 1. The topological polar surface area (TPSA) is 47.6 Å². The molecule has 0 aromatic heterocycles. The quantitative estimate of drug-likeness (QED) is 0.581. The first kappa shape index (κ1) is 19.7.